The van der Waals surface area contributed by atoms with Crippen LogP contribution in [0.25, 0.3) is 0 Å². The van der Waals surface area contributed by atoms with Crippen molar-refractivity contribution in [3.8, 4) is 5.75 Å². The second-order valence-corrected chi connectivity index (χ2v) is 6.52. The Morgan fingerprint density at radius 1 is 1.00 bits per heavy atom. The van der Waals surface area contributed by atoms with Crippen LogP contribution in [0.3, 0.4) is 0 Å². The molecule has 1 saturated heterocycles. The molecule has 2 aromatic carbocycles. The number of β-lactam (4-membered cyclic amide) rings is 1. The van der Waals surface area contributed by atoms with Crippen LogP contribution in [0.1, 0.15) is 24.1 Å². The minimum atomic E-state index is -0.649. The van der Waals surface area contributed by atoms with Crippen molar-refractivity contribution in [2.45, 2.75) is 18.4 Å². The maximum atomic E-state index is 13.3. The molecule has 5 nitrogen and oxygen atoms in total. The number of rotatable bonds is 4. The molecule has 0 spiro atoms. The second-order valence-electron chi connectivity index (χ2n) is 6.52. The van der Waals surface area contributed by atoms with Crippen LogP contribution in [0.2, 0.25) is 0 Å². The monoisotopic (exact) mass is 345 g/mol. The molecule has 2 atom stereocenters. The topological polar surface area (TPSA) is 55.3 Å². The van der Waals surface area contributed by atoms with Crippen LogP contribution >= 0.6 is 0 Å². The van der Waals surface area contributed by atoms with Gasteiger partial charge in [-0.05, 0) is 48.4 Å². The van der Waals surface area contributed by atoms with Crippen molar-refractivity contribution in [1.29, 1.82) is 0 Å². The van der Waals surface area contributed by atoms with Gasteiger partial charge in [0.1, 0.15) is 5.75 Å². The number of carbonyl (C=O) groups is 1. The number of aromatic nitrogens is 2. The van der Waals surface area contributed by atoms with Gasteiger partial charge in [0.25, 0.3) is 0 Å². The fourth-order valence-corrected chi connectivity index (χ4v) is 3.70. The highest BCUT2D eigenvalue weighted by atomic mass is 16.5. The number of benzene rings is 2. The number of hydrogen-bond donors (Lipinski definition) is 0. The zero-order valence-electron chi connectivity index (χ0n) is 14.7. The fraction of sp³-hybridized carbons (Fsp3) is 0.190. The second kappa shape index (κ2) is 6.26. The molecule has 0 bridgehead atoms. The number of methoxy groups -OCH3 is 1. The Morgan fingerprint density at radius 2 is 1.73 bits per heavy atom. The fourth-order valence-electron chi connectivity index (χ4n) is 3.70. The van der Waals surface area contributed by atoms with Gasteiger partial charge in [-0.3, -0.25) is 4.79 Å². The van der Waals surface area contributed by atoms with E-state index in [-0.39, 0.29) is 11.9 Å². The molecule has 1 fully saturated rings. The van der Waals surface area contributed by atoms with Crippen molar-refractivity contribution in [3.05, 3.63) is 84.2 Å². The molecular formula is C21H19N3O2. The molecule has 1 aromatic heterocycles. The van der Waals surface area contributed by atoms with E-state index in [1.165, 1.54) is 0 Å². The van der Waals surface area contributed by atoms with Crippen molar-refractivity contribution < 1.29 is 9.53 Å². The third-order valence-corrected chi connectivity index (χ3v) is 5.12. The average Bonchev–Trinajstić information content (AvgIpc) is 2.72. The van der Waals surface area contributed by atoms with Gasteiger partial charge in [-0.15, -0.1) is 0 Å². The number of amides is 1. The minimum Gasteiger partial charge on any atom is -0.497 e. The predicted molar refractivity (Wildman–Crippen MR) is 99.0 cm³/mol. The SMILES string of the molecule is COc1ccc(N2C(=O)[C@@](C)(c3ccccc3)[C@H]2c2ccnnc2)cc1. The summed E-state index contributed by atoms with van der Waals surface area (Å²) in [6.07, 6.45) is 3.39. The van der Waals surface area contributed by atoms with E-state index in [0.717, 1.165) is 22.6 Å². The molecule has 3 aromatic rings. The van der Waals surface area contributed by atoms with Crippen LogP contribution in [0.5, 0.6) is 5.75 Å². The molecule has 0 saturated carbocycles. The number of anilines is 1. The summed E-state index contributed by atoms with van der Waals surface area (Å²) in [5.41, 5.74) is 2.15. The molecule has 1 amide bonds. The molecule has 5 heteroatoms. The van der Waals surface area contributed by atoms with E-state index in [4.69, 9.17) is 4.74 Å². The summed E-state index contributed by atoms with van der Waals surface area (Å²) in [4.78, 5) is 15.1. The highest BCUT2D eigenvalue weighted by Gasteiger charge is 2.59. The van der Waals surface area contributed by atoms with Crippen LogP contribution in [-0.2, 0) is 10.2 Å². The molecule has 26 heavy (non-hydrogen) atoms. The van der Waals surface area contributed by atoms with E-state index in [0.29, 0.717) is 0 Å². The summed E-state index contributed by atoms with van der Waals surface area (Å²) < 4.78 is 5.23. The Balaban J connectivity index is 1.81. The first kappa shape index (κ1) is 16.3. The number of hydrogen-bond acceptors (Lipinski definition) is 4. The molecule has 0 unspecified atom stereocenters. The molecule has 4 rings (SSSR count). The van der Waals surface area contributed by atoms with E-state index in [1.807, 2.05) is 72.5 Å². The molecule has 0 aliphatic carbocycles. The van der Waals surface area contributed by atoms with E-state index in [1.54, 1.807) is 19.5 Å². The highest BCUT2D eigenvalue weighted by molar-refractivity contribution is 6.09. The van der Waals surface area contributed by atoms with Crippen LogP contribution in [0, 0.1) is 0 Å². The predicted octanol–water partition coefficient (Wildman–Crippen LogP) is 3.53. The lowest BCUT2D eigenvalue weighted by Gasteiger charge is -2.54. The molecular weight excluding hydrogens is 326 g/mol. The summed E-state index contributed by atoms with van der Waals surface area (Å²) >= 11 is 0. The van der Waals surface area contributed by atoms with Crippen molar-refractivity contribution in [3.63, 3.8) is 0 Å². The molecule has 0 radical (unpaired) electrons. The van der Waals surface area contributed by atoms with Gasteiger partial charge < -0.3 is 9.64 Å². The minimum absolute atomic E-state index is 0.0654. The lowest BCUT2D eigenvalue weighted by molar-refractivity contribution is -0.132. The van der Waals surface area contributed by atoms with Crippen molar-refractivity contribution in [2.75, 3.05) is 12.0 Å². The first-order chi connectivity index (χ1) is 12.7. The lowest BCUT2D eigenvalue weighted by atomic mass is 9.65. The van der Waals surface area contributed by atoms with Crippen molar-refractivity contribution >= 4 is 11.6 Å². The molecule has 130 valence electrons. The third kappa shape index (κ3) is 2.36. The van der Waals surface area contributed by atoms with Crippen LogP contribution in [0.15, 0.2) is 73.1 Å². The van der Waals surface area contributed by atoms with Crippen LogP contribution in [0.4, 0.5) is 5.69 Å². The maximum Gasteiger partial charge on any atom is 0.240 e. The quantitative estimate of drug-likeness (QED) is 0.679. The van der Waals surface area contributed by atoms with Gasteiger partial charge >= 0.3 is 0 Å². The Hall–Kier alpha value is -3.21. The summed E-state index contributed by atoms with van der Waals surface area (Å²) in [5, 5.41) is 7.90. The molecule has 1 aliphatic rings. The smallest absolute Gasteiger partial charge is 0.240 e. The molecule has 0 N–H and O–H groups in total. The van der Waals surface area contributed by atoms with E-state index < -0.39 is 5.41 Å². The molecule has 2 heterocycles. The first-order valence-electron chi connectivity index (χ1n) is 8.46. The summed E-state index contributed by atoms with van der Waals surface area (Å²) in [7, 11) is 1.63. The summed E-state index contributed by atoms with van der Waals surface area (Å²) in [6.45, 7) is 2.00. The zero-order chi connectivity index (χ0) is 18.1. The average molecular weight is 345 g/mol. The maximum absolute atomic E-state index is 13.3. The Morgan fingerprint density at radius 3 is 2.35 bits per heavy atom. The van der Waals surface area contributed by atoms with Crippen LogP contribution < -0.4 is 9.64 Å². The lowest BCUT2D eigenvalue weighted by Crippen LogP contribution is -2.65. The number of carbonyl (C=O) groups excluding carboxylic acids is 1. The Bertz CT molecular complexity index is 913. The normalized spacial score (nSPS) is 22.0. The van der Waals surface area contributed by atoms with E-state index >= 15 is 0 Å². The van der Waals surface area contributed by atoms with E-state index in [2.05, 4.69) is 10.2 Å². The van der Waals surface area contributed by atoms with Gasteiger partial charge in [0.2, 0.25) is 5.91 Å². The number of nitrogens with zero attached hydrogens (tertiary/aromatic N) is 3. The van der Waals surface area contributed by atoms with E-state index in [9.17, 15) is 4.79 Å². The van der Waals surface area contributed by atoms with Gasteiger partial charge in [-0.1, -0.05) is 30.3 Å². The zero-order valence-corrected chi connectivity index (χ0v) is 14.7. The summed E-state index contributed by atoms with van der Waals surface area (Å²) in [6, 6.07) is 19.2. The first-order valence-corrected chi connectivity index (χ1v) is 8.46. The molecule has 1 aliphatic heterocycles. The Labute approximate surface area is 152 Å². The van der Waals surface area contributed by atoms with Crippen molar-refractivity contribution in [2.24, 2.45) is 0 Å². The van der Waals surface area contributed by atoms with Crippen LogP contribution in [-0.4, -0.2) is 23.2 Å². The van der Waals surface area contributed by atoms with Crippen molar-refractivity contribution in [1.82, 2.24) is 10.2 Å². The highest BCUT2D eigenvalue weighted by Crippen LogP contribution is 2.53. The van der Waals surface area contributed by atoms with Gasteiger partial charge in [0.15, 0.2) is 0 Å². The van der Waals surface area contributed by atoms with Gasteiger partial charge in [0.05, 0.1) is 24.8 Å². The Kier molecular flexibility index (Phi) is 3.92. The van der Waals surface area contributed by atoms with Gasteiger partial charge in [-0.2, -0.15) is 10.2 Å². The van der Waals surface area contributed by atoms with Gasteiger partial charge in [-0.25, -0.2) is 0 Å². The number of ether oxygens (including phenoxy) is 1. The largest absolute Gasteiger partial charge is 0.497 e. The standard InChI is InChI=1S/C21H19N3O2/c1-21(16-6-4-3-5-7-16)19(15-12-13-22-23-14-15)24(20(21)25)17-8-10-18(26-2)11-9-17/h3-14,19H,1-2H3/t19-,21+/m1/s1. The van der Waals surface area contributed by atoms with Gasteiger partial charge in [0, 0.05) is 11.9 Å². The summed E-state index contributed by atoms with van der Waals surface area (Å²) in [5.74, 6) is 0.824. The third-order valence-electron chi connectivity index (χ3n) is 5.12.